The largest absolute Gasteiger partial charge is 0.337 e. The Bertz CT molecular complexity index is 810. The van der Waals surface area contributed by atoms with Crippen LogP contribution in [-0.4, -0.2) is 10.9 Å². The minimum atomic E-state index is -0.592. The second-order valence-corrected chi connectivity index (χ2v) is 5.08. The standard InChI is InChI=1S/C15H11N5OS/c1-10-9-22-15(19-10)18-8-12(7-17)14(21)20-13-5-3-2-4-11(13)6-16/h2-5,8-9H,1H3,(H,18,19)(H,20,21)/b12-8-. The lowest BCUT2D eigenvalue weighted by Gasteiger charge is -2.05. The van der Waals surface area contributed by atoms with Gasteiger partial charge in [-0.3, -0.25) is 4.79 Å². The third kappa shape index (κ3) is 3.69. The summed E-state index contributed by atoms with van der Waals surface area (Å²) in [4.78, 5) is 16.2. The first-order chi connectivity index (χ1) is 10.6. The zero-order valence-electron chi connectivity index (χ0n) is 11.6. The molecule has 0 spiro atoms. The lowest BCUT2D eigenvalue weighted by Crippen LogP contribution is -2.15. The fraction of sp³-hybridized carbons (Fsp3) is 0.0667. The van der Waals surface area contributed by atoms with Crippen LogP contribution in [0.5, 0.6) is 0 Å². The van der Waals surface area contributed by atoms with E-state index < -0.39 is 5.91 Å². The number of para-hydroxylation sites is 1. The van der Waals surface area contributed by atoms with Gasteiger partial charge in [-0.25, -0.2) is 4.98 Å². The maximum absolute atomic E-state index is 12.1. The summed E-state index contributed by atoms with van der Waals surface area (Å²) in [6.07, 6.45) is 1.29. The molecule has 7 heteroatoms. The Morgan fingerprint density at radius 2 is 2.14 bits per heavy atom. The van der Waals surface area contributed by atoms with E-state index in [0.717, 1.165) is 5.69 Å². The highest BCUT2D eigenvalue weighted by Crippen LogP contribution is 2.16. The molecule has 0 aliphatic carbocycles. The molecule has 2 rings (SSSR count). The van der Waals surface area contributed by atoms with Gasteiger partial charge in [0.15, 0.2) is 5.13 Å². The van der Waals surface area contributed by atoms with E-state index in [0.29, 0.717) is 16.4 Å². The monoisotopic (exact) mass is 309 g/mol. The second kappa shape index (κ2) is 7.02. The van der Waals surface area contributed by atoms with Crippen molar-refractivity contribution in [3.63, 3.8) is 0 Å². The second-order valence-electron chi connectivity index (χ2n) is 4.22. The van der Waals surface area contributed by atoms with E-state index in [4.69, 9.17) is 10.5 Å². The molecule has 0 aliphatic rings. The highest BCUT2D eigenvalue weighted by molar-refractivity contribution is 7.13. The summed E-state index contributed by atoms with van der Waals surface area (Å²) in [7, 11) is 0. The van der Waals surface area contributed by atoms with Gasteiger partial charge >= 0.3 is 0 Å². The molecule has 0 saturated carbocycles. The van der Waals surface area contributed by atoms with Crippen LogP contribution in [0, 0.1) is 29.6 Å². The molecule has 1 aromatic heterocycles. The average Bonchev–Trinajstić information content (AvgIpc) is 2.94. The van der Waals surface area contributed by atoms with Gasteiger partial charge in [0.1, 0.15) is 17.7 Å². The van der Waals surface area contributed by atoms with Crippen LogP contribution in [0.3, 0.4) is 0 Å². The van der Waals surface area contributed by atoms with Gasteiger partial charge in [-0.15, -0.1) is 11.3 Å². The number of carbonyl (C=O) groups excluding carboxylic acids is 1. The van der Waals surface area contributed by atoms with Crippen LogP contribution in [0.4, 0.5) is 10.8 Å². The normalized spacial score (nSPS) is 10.4. The molecule has 1 aromatic carbocycles. The molecule has 108 valence electrons. The topological polar surface area (TPSA) is 102 Å². The number of thiazole rings is 1. The van der Waals surface area contributed by atoms with Crippen molar-refractivity contribution in [3.8, 4) is 12.1 Å². The van der Waals surface area contributed by atoms with Crippen LogP contribution in [0.1, 0.15) is 11.3 Å². The van der Waals surface area contributed by atoms with Gasteiger partial charge in [0.25, 0.3) is 5.91 Å². The molecule has 0 fully saturated rings. The van der Waals surface area contributed by atoms with Gasteiger partial charge in [0.05, 0.1) is 16.9 Å². The fourth-order valence-corrected chi connectivity index (χ4v) is 2.24. The lowest BCUT2D eigenvalue weighted by molar-refractivity contribution is -0.112. The first-order valence-electron chi connectivity index (χ1n) is 6.23. The first kappa shape index (κ1) is 15.2. The van der Waals surface area contributed by atoms with Crippen molar-refractivity contribution in [2.45, 2.75) is 6.92 Å². The molecule has 0 radical (unpaired) electrons. The summed E-state index contributed by atoms with van der Waals surface area (Å²) in [5, 5.41) is 25.9. The number of amides is 1. The molecule has 1 heterocycles. The molecular weight excluding hydrogens is 298 g/mol. The number of hydrogen-bond acceptors (Lipinski definition) is 6. The molecule has 1 amide bonds. The third-order valence-corrected chi connectivity index (χ3v) is 3.51. The minimum Gasteiger partial charge on any atom is -0.337 e. The van der Waals surface area contributed by atoms with Crippen molar-refractivity contribution < 1.29 is 4.79 Å². The van der Waals surface area contributed by atoms with E-state index in [-0.39, 0.29) is 5.57 Å². The Labute approximate surface area is 131 Å². The highest BCUT2D eigenvalue weighted by atomic mass is 32.1. The maximum atomic E-state index is 12.1. The summed E-state index contributed by atoms with van der Waals surface area (Å²) in [6.45, 7) is 1.85. The minimum absolute atomic E-state index is 0.111. The fourth-order valence-electron chi connectivity index (χ4n) is 1.58. The summed E-state index contributed by atoms with van der Waals surface area (Å²) in [5.41, 5.74) is 1.44. The number of nitriles is 2. The molecule has 22 heavy (non-hydrogen) atoms. The van der Waals surface area contributed by atoms with Crippen LogP contribution >= 0.6 is 11.3 Å². The van der Waals surface area contributed by atoms with Crippen molar-refractivity contribution in [1.82, 2.24) is 4.98 Å². The van der Waals surface area contributed by atoms with Crippen molar-refractivity contribution in [3.05, 3.63) is 52.7 Å². The van der Waals surface area contributed by atoms with E-state index in [9.17, 15) is 4.79 Å². The molecular formula is C15H11N5OS. The van der Waals surface area contributed by atoms with Crippen LogP contribution in [0.2, 0.25) is 0 Å². The van der Waals surface area contributed by atoms with Gasteiger partial charge in [0, 0.05) is 11.6 Å². The lowest BCUT2D eigenvalue weighted by atomic mass is 10.2. The van der Waals surface area contributed by atoms with Crippen molar-refractivity contribution in [2.75, 3.05) is 10.6 Å². The third-order valence-electron chi connectivity index (χ3n) is 2.62. The zero-order valence-corrected chi connectivity index (χ0v) is 12.4. The average molecular weight is 309 g/mol. The number of aromatic nitrogens is 1. The number of benzene rings is 1. The number of rotatable bonds is 4. The van der Waals surface area contributed by atoms with Gasteiger partial charge in [0.2, 0.25) is 0 Å². The van der Waals surface area contributed by atoms with Crippen molar-refractivity contribution in [1.29, 1.82) is 10.5 Å². The molecule has 2 N–H and O–H groups in total. The van der Waals surface area contributed by atoms with E-state index >= 15 is 0 Å². The Morgan fingerprint density at radius 1 is 1.36 bits per heavy atom. The Kier molecular flexibility index (Phi) is 4.86. The van der Waals surface area contributed by atoms with E-state index in [1.54, 1.807) is 24.3 Å². The zero-order chi connectivity index (χ0) is 15.9. The predicted molar refractivity (Wildman–Crippen MR) is 84.0 cm³/mol. The van der Waals surface area contributed by atoms with Crippen molar-refractivity contribution >= 4 is 28.1 Å². The van der Waals surface area contributed by atoms with Crippen LogP contribution in [0.15, 0.2) is 41.4 Å². The van der Waals surface area contributed by atoms with Crippen LogP contribution in [-0.2, 0) is 4.79 Å². The van der Waals surface area contributed by atoms with Crippen LogP contribution in [0.25, 0.3) is 0 Å². The molecule has 0 atom stereocenters. The first-order valence-corrected chi connectivity index (χ1v) is 7.11. The summed E-state index contributed by atoms with van der Waals surface area (Å²) < 4.78 is 0. The summed E-state index contributed by atoms with van der Waals surface area (Å²) in [5.74, 6) is -0.592. The molecule has 2 aromatic rings. The maximum Gasteiger partial charge on any atom is 0.267 e. The van der Waals surface area contributed by atoms with E-state index in [2.05, 4.69) is 15.6 Å². The van der Waals surface area contributed by atoms with Crippen molar-refractivity contribution in [2.24, 2.45) is 0 Å². The Morgan fingerprint density at radius 3 is 2.77 bits per heavy atom. The summed E-state index contributed by atoms with van der Waals surface area (Å²) >= 11 is 1.37. The van der Waals surface area contributed by atoms with Gasteiger partial charge < -0.3 is 10.6 Å². The highest BCUT2D eigenvalue weighted by Gasteiger charge is 2.11. The SMILES string of the molecule is Cc1csc(N/C=C(/C#N)C(=O)Nc2ccccc2C#N)n1. The number of aryl methyl sites for hydroxylation is 1. The molecule has 6 nitrogen and oxygen atoms in total. The number of carbonyl (C=O) groups is 1. The van der Waals surface area contributed by atoms with Crippen LogP contribution < -0.4 is 10.6 Å². The molecule has 0 saturated heterocycles. The predicted octanol–water partition coefficient (Wildman–Crippen LogP) is 2.78. The van der Waals surface area contributed by atoms with Gasteiger partial charge in [-0.2, -0.15) is 10.5 Å². The quantitative estimate of drug-likeness (QED) is 0.668. The number of anilines is 2. The molecule has 0 unspecified atom stereocenters. The summed E-state index contributed by atoms with van der Waals surface area (Å²) in [6, 6.07) is 10.4. The number of hydrogen-bond donors (Lipinski definition) is 2. The van der Waals surface area contributed by atoms with Gasteiger partial charge in [-0.1, -0.05) is 12.1 Å². The number of nitrogens with one attached hydrogen (secondary N) is 2. The Balaban J connectivity index is 2.12. The number of nitrogens with zero attached hydrogens (tertiary/aromatic N) is 3. The van der Waals surface area contributed by atoms with E-state index in [1.165, 1.54) is 17.5 Å². The molecule has 0 bridgehead atoms. The van der Waals surface area contributed by atoms with E-state index in [1.807, 2.05) is 24.4 Å². The van der Waals surface area contributed by atoms with Gasteiger partial charge in [-0.05, 0) is 19.1 Å². The Hall–Kier alpha value is -3.16. The smallest absolute Gasteiger partial charge is 0.267 e. The molecule has 0 aliphatic heterocycles.